The number of pyridine rings is 2. The fourth-order valence-electron chi connectivity index (χ4n) is 3.63. The summed E-state index contributed by atoms with van der Waals surface area (Å²) in [7, 11) is 0. The summed E-state index contributed by atoms with van der Waals surface area (Å²) >= 11 is 0. The number of morpholine rings is 1. The van der Waals surface area contributed by atoms with Crippen LogP contribution < -0.4 is 20.1 Å². The van der Waals surface area contributed by atoms with Crippen LogP contribution in [0, 0.1) is 5.92 Å². The van der Waals surface area contributed by atoms with Gasteiger partial charge in [-0.2, -0.15) is 13.9 Å². The van der Waals surface area contributed by atoms with Gasteiger partial charge >= 0.3 is 6.61 Å². The van der Waals surface area contributed by atoms with Crippen molar-refractivity contribution in [3.63, 3.8) is 0 Å². The van der Waals surface area contributed by atoms with E-state index in [1.165, 1.54) is 12.3 Å². The molecule has 1 saturated carbocycles. The summed E-state index contributed by atoms with van der Waals surface area (Å²) < 4.78 is 43.2. The summed E-state index contributed by atoms with van der Waals surface area (Å²) in [5, 5.41) is 10.4. The van der Waals surface area contributed by atoms with Crippen LogP contribution in [0.5, 0.6) is 11.6 Å². The monoisotopic (exact) mass is 459 g/mol. The first kappa shape index (κ1) is 21.5. The van der Waals surface area contributed by atoms with Crippen LogP contribution in [0.25, 0.3) is 16.6 Å². The first-order chi connectivity index (χ1) is 16.0. The minimum Gasteiger partial charge on any atom is -0.489 e. The van der Waals surface area contributed by atoms with E-state index in [1.807, 2.05) is 6.07 Å². The zero-order valence-corrected chi connectivity index (χ0v) is 17.7. The van der Waals surface area contributed by atoms with Gasteiger partial charge in [-0.25, -0.2) is 9.50 Å². The van der Waals surface area contributed by atoms with E-state index in [9.17, 15) is 13.6 Å². The molecule has 11 heteroatoms. The standard InChI is InChI=1S/C22H23F2N5O4/c23-22(24)33-20-9-17(18(11-26-20)32-12-16-10-25-4-6-31-16)14-3-5-29-15(7-14)8-19(28-29)27-21(30)13-1-2-13/h3,5,7-9,11,13,16,22,25H,1-2,4,6,10,12H2,(H,27,28,30)/t16-/m0/s1. The van der Waals surface area contributed by atoms with Gasteiger partial charge in [0.2, 0.25) is 11.8 Å². The number of hydrogen-bond donors (Lipinski definition) is 2. The Kier molecular flexibility index (Phi) is 6.05. The fourth-order valence-corrected chi connectivity index (χ4v) is 3.63. The Morgan fingerprint density at radius 2 is 2.21 bits per heavy atom. The highest BCUT2D eigenvalue weighted by Gasteiger charge is 2.30. The molecule has 1 amide bonds. The zero-order chi connectivity index (χ0) is 22.8. The molecular formula is C22H23F2N5O4. The first-order valence-corrected chi connectivity index (χ1v) is 10.8. The summed E-state index contributed by atoms with van der Waals surface area (Å²) in [5.74, 6) is 0.694. The molecule has 1 aliphatic heterocycles. The highest BCUT2D eigenvalue weighted by Crippen LogP contribution is 2.34. The van der Waals surface area contributed by atoms with Gasteiger partial charge in [0.05, 0.1) is 18.3 Å². The molecule has 5 rings (SSSR count). The molecule has 3 aromatic heterocycles. The molecule has 2 N–H and O–H groups in total. The average molecular weight is 459 g/mol. The van der Waals surface area contributed by atoms with Crippen LogP contribution in [-0.2, 0) is 9.53 Å². The number of anilines is 1. The Hall–Kier alpha value is -3.31. The molecule has 0 aromatic carbocycles. The number of amides is 1. The molecule has 0 radical (unpaired) electrons. The van der Waals surface area contributed by atoms with Crippen molar-refractivity contribution in [1.29, 1.82) is 0 Å². The zero-order valence-electron chi connectivity index (χ0n) is 17.7. The molecule has 2 aliphatic rings. The number of halogens is 2. The molecule has 1 saturated heterocycles. The highest BCUT2D eigenvalue weighted by atomic mass is 19.3. The van der Waals surface area contributed by atoms with E-state index in [4.69, 9.17) is 9.47 Å². The molecule has 3 aromatic rings. The summed E-state index contributed by atoms with van der Waals surface area (Å²) in [6.45, 7) is -0.668. The van der Waals surface area contributed by atoms with E-state index in [2.05, 4.69) is 25.5 Å². The number of nitrogens with one attached hydrogen (secondary N) is 2. The second-order valence-electron chi connectivity index (χ2n) is 7.98. The van der Waals surface area contributed by atoms with Crippen molar-refractivity contribution < 1.29 is 27.8 Å². The van der Waals surface area contributed by atoms with Crippen molar-refractivity contribution >= 4 is 17.2 Å². The van der Waals surface area contributed by atoms with Gasteiger partial charge < -0.3 is 24.8 Å². The summed E-state index contributed by atoms with van der Waals surface area (Å²) in [5.41, 5.74) is 1.95. The molecule has 174 valence electrons. The summed E-state index contributed by atoms with van der Waals surface area (Å²) in [6.07, 6.45) is 4.77. The van der Waals surface area contributed by atoms with Gasteiger partial charge in [0, 0.05) is 42.9 Å². The fraction of sp³-hybridized carbons (Fsp3) is 0.409. The lowest BCUT2D eigenvalue weighted by Gasteiger charge is -2.24. The van der Waals surface area contributed by atoms with Crippen LogP contribution in [0.15, 0.2) is 36.7 Å². The minimum absolute atomic E-state index is 0.0309. The number of hydrogen-bond acceptors (Lipinski definition) is 7. The lowest BCUT2D eigenvalue weighted by atomic mass is 10.1. The number of rotatable bonds is 8. The Labute approximate surface area is 188 Å². The maximum atomic E-state index is 12.8. The SMILES string of the molecule is O=C(Nc1cc2cc(-c3cc(OC(F)F)ncc3OC[C@@H]3CNCCO3)ccn2n1)C1CC1. The van der Waals surface area contributed by atoms with Crippen molar-refractivity contribution in [2.24, 2.45) is 5.92 Å². The van der Waals surface area contributed by atoms with Crippen LogP contribution in [0.4, 0.5) is 14.6 Å². The van der Waals surface area contributed by atoms with Crippen LogP contribution in [0.1, 0.15) is 12.8 Å². The van der Waals surface area contributed by atoms with Gasteiger partial charge in [-0.15, -0.1) is 0 Å². The largest absolute Gasteiger partial charge is 0.489 e. The van der Waals surface area contributed by atoms with Crippen molar-refractivity contribution in [1.82, 2.24) is 19.9 Å². The third-order valence-electron chi connectivity index (χ3n) is 5.45. The van der Waals surface area contributed by atoms with E-state index in [1.54, 1.807) is 22.8 Å². The Morgan fingerprint density at radius 3 is 2.97 bits per heavy atom. The number of alkyl halides is 2. The number of carbonyl (C=O) groups is 1. The molecule has 1 atom stereocenters. The predicted octanol–water partition coefficient (Wildman–Crippen LogP) is 2.71. The lowest BCUT2D eigenvalue weighted by Crippen LogP contribution is -2.41. The number of nitrogens with zero attached hydrogens (tertiary/aromatic N) is 3. The topological polar surface area (TPSA) is 99.0 Å². The van der Waals surface area contributed by atoms with Crippen molar-refractivity contribution in [3.8, 4) is 22.8 Å². The van der Waals surface area contributed by atoms with Gasteiger partial charge in [0.1, 0.15) is 18.5 Å². The number of carbonyl (C=O) groups excluding carboxylic acids is 1. The van der Waals surface area contributed by atoms with Crippen LogP contribution >= 0.6 is 0 Å². The first-order valence-electron chi connectivity index (χ1n) is 10.8. The van der Waals surface area contributed by atoms with Gasteiger partial charge in [-0.3, -0.25) is 4.79 Å². The number of ether oxygens (including phenoxy) is 3. The molecule has 33 heavy (non-hydrogen) atoms. The molecular weight excluding hydrogens is 436 g/mol. The van der Waals surface area contributed by atoms with Crippen molar-refractivity contribution in [2.45, 2.75) is 25.6 Å². The average Bonchev–Trinajstić information content (AvgIpc) is 3.58. The highest BCUT2D eigenvalue weighted by molar-refractivity contribution is 5.93. The van der Waals surface area contributed by atoms with Crippen LogP contribution in [0.2, 0.25) is 0 Å². The third-order valence-corrected chi connectivity index (χ3v) is 5.45. The van der Waals surface area contributed by atoms with E-state index >= 15 is 0 Å². The summed E-state index contributed by atoms with van der Waals surface area (Å²) in [4.78, 5) is 16.0. The molecule has 1 aliphatic carbocycles. The number of fused-ring (bicyclic) bond motifs is 1. The third kappa shape index (κ3) is 5.20. The van der Waals surface area contributed by atoms with Gasteiger partial charge in [-0.1, -0.05) is 0 Å². The van der Waals surface area contributed by atoms with Crippen LogP contribution in [0.3, 0.4) is 0 Å². The Balaban J connectivity index is 1.42. The Bertz CT molecular complexity index is 1150. The second-order valence-corrected chi connectivity index (χ2v) is 7.98. The quantitative estimate of drug-likeness (QED) is 0.534. The minimum atomic E-state index is -2.99. The maximum Gasteiger partial charge on any atom is 0.388 e. The normalized spacial score (nSPS) is 18.5. The van der Waals surface area contributed by atoms with E-state index < -0.39 is 6.61 Å². The summed E-state index contributed by atoms with van der Waals surface area (Å²) in [6, 6.07) is 6.77. The van der Waals surface area contributed by atoms with E-state index in [0.29, 0.717) is 35.8 Å². The number of aromatic nitrogens is 3. The smallest absolute Gasteiger partial charge is 0.388 e. The second kappa shape index (κ2) is 9.28. The van der Waals surface area contributed by atoms with Crippen LogP contribution in [-0.4, -0.2) is 59.5 Å². The van der Waals surface area contributed by atoms with Gasteiger partial charge in [0.25, 0.3) is 0 Å². The van der Waals surface area contributed by atoms with Crippen molar-refractivity contribution in [2.75, 3.05) is 31.6 Å². The van der Waals surface area contributed by atoms with Gasteiger partial charge in [-0.05, 0) is 30.5 Å². The molecule has 0 unspecified atom stereocenters. The lowest BCUT2D eigenvalue weighted by molar-refractivity contribution is -0.117. The molecule has 9 nitrogen and oxygen atoms in total. The molecule has 0 spiro atoms. The van der Waals surface area contributed by atoms with Gasteiger partial charge in [0.15, 0.2) is 5.82 Å². The maximum absolute atomic E-state index is 12.8. The van der Waals surface area contributed by atoms with Crippen molar-refractivity contribution in [3.05, 3.63) is 36.7 Å². The predicted molar refractivity (Wildman–Crippen MR) is 115 cm³/mol. The van der Waals surface area contributed by atoms with E-state index in [0.717, 1.165) is 24.9 Å². The molecule has 0 bridgehead atoms. The Morgan fingerprint density at radius 1 is 1.33 bits per heavy atom. The van der Waals surface area contributed by atoms with E-state index in [-0.39, 0.29) is 30.4 Å². The molecule has 4 heterocycles. The molecule has 2 fully saturated rings.